The van der Waals surface area contributed by atoms with Crippen LogP contribution in [-0.2, 0) is 22.7 Å². The normalized spacial score (nSPS) is 15.4. The zero-order valence-electron chi connectivity index (χ0n) is 16.3. The van der Waals surface area contributed by atoms with Crippen molar-refractivity contribution in [3.05, 3.63) is 65.2 Å². The van der Waals surface area contributed by atoms with E-state index < -0.39 is 0 Å². The van der Waals surface area contributed by atoms with Crippen molar-refractivity contribution in [2.75, 3.05) is 19.7 Å². The number of piperidine rings is 1. The van der Waals surface area contributed by atoms with E-state index in [0.29, 0.717) is 5.69 Å². The Labute approximate surface area is 174 Å². The summed E-state index contributed by atoms with van der Waals surface area (Å²) in [6.45, 7) is 3.25. The molecule has 1 aromatic carbocycles. The van der Waals surface area contributed by atoms with Crippen molar-refractivity contribution in [1.29, 1.82) is 0 Å². The van der Waals surface area contributed by atoms with Crippen LogP contribution in [-0.4, -0.2) is 41.7 Å². The van der Waals surface area contributed by atoms with Crippen LogP contribution in [0.25, 0.3) is 10.6 Å². The van der Waals surface area contributed by atoms with Crippen LogP contribution in [0.3, 0.4) is 0 Å². The molecule has 1 aliphatic heterocycles. The van der Waals surface area contributed by atoms with Gasteiger partial charge in [-0.1, -0.05) is 41.6 Å². The van der Waals surface area contributed by atoms with E-state index in [9.17, 15) is 4.79 Å². The molecule has 1 aliphatic rings. The zero-order chi connectivity index (χ0) is 19.9. The number of nitrogens with zero attached hydrogens (tertiary/aromatic N) is 2. The van der Waals surface area contributed by atoms with E-state index in [1.165, 1.54) is 5.56 Å². The van der Waals surface area contributed by atoms with Gasteiger partial charge in [0.25, 0.3) is 0 Å². The molecule has 6 nitrogen and oxygen atoms in total. The number of amides is 1. The van der Waals surface area contributed by atoms with Gasteiger partial charge < -0.3 is 14.6 Å². The predicted molar refractivity (Wildman–Crippen MR) is 112 cm³/mol. The third-order valence-electron chi connectivity index (χ3n) is 5.01. The molecular weight excluding hydrogens is 386 g/mol. The first-order chi connectivity index (χ1) is 14.3. The molecule has 3 aromatic rings. The van der Waals surface area contributed by atoms with Crippen LogP contribution < -0.4 is 5.32 Å². The van der Waals surface area contributed by atoms with Gasteiger partial charge in [-0.2, -0.15) is 0 Å². The smallest absolute Gasteiger partial charge is 0.246 e. The molecule has 0 spiro atoms. The summed E-state index contributed by atoms with van der Waals surface area (Å²) in [5, 5.41) is 9.07. The van der Waals surface area contributed by atoms with Crippen molar-refractivity contribution in [2.24, 2.45) is 0 Å². The Kier molecular flexibility index (Phi) is 6.71. The number of nitrogens with one attached hydrogen (secondary N) is 1. The van der Waals surface area contributed by atoms with Crippen LogP contribution in [0, 0.1) is 0 Å². The third-order valence-corrected chi connectivity index (χ3v) is 5.89. The molecule has 3 heterocycles. The summed E-state index contributed by atoms with van der Waals surface area (Å²) < 4.78 is 10.8. The summed E-state index contributed by atoms with van der Waals surface area (Å²) in [5.74, 6) is 0.652. The second kappa shape index (κ2) is 9.82. The standard InChI is InChI=1S/C22H25N3O3S/c26-22(16-27-15-19-13-20(28-24-19)21-7-4-12-29-21)23-18-8-10-25(11-9-18)14-17-5-2-1-3-6-17/h1-7,12-13,18H,8-11,14-16H2,(H,23,26). The van der Waals surface area contributed by atoms with E-state index in [1.54, 1.807) is 11.3 Å². The average Bonchev–Trinajstić information content (AvgIpc) is 3.42. The fourth-order valence-electron chi connectivity index (χ4n) is 3.51. The summed E-state index contributed by atoms with van der Waals surface area (Å²) >= 11 is 1.60. The monoisotopic (exact) mass is 411 g/mol. The molecule has 7 heteroatoms. The molecule has 1 fully saturated rings. The molecule has 0 aliphatic carbocycles. The number of hydrogen-bond acceptors (Lipinski definition) is 6. The van der Waals surface area contributed by atoms with Gasteiger partial charge in [0.05, 0.1) is 11.5 Å². The summed E-state index contributed by atoms with van der Waals surface area (Å²) in [5.41, 5.74) is 2.02. The van der Waals surface area contributed by atoms with Crippen LogP contribution >= 0.6 is 11.3 Å². The molecule has 0 bridgehead atoms. The van der Waals surface area contributed by atoms with E-state index in [-0.39, 0.29) is 25.2 Å². The minimum Gasteiger partial charge on any atom is -0.365 e. The van der Waals surface area contributed by atoms with Gasteiger partial charge >= 0.3 is 0 Å². The third kappa shape index (κ3) is 5.76. The van der Waals surface area contributed by atoms with Gasteiger partial charge in [-0.15, -0.1) is 11.3 Å². The number of ether oxygens (including phenoxy) is 1. The van der Waals surface area contributed by atoms with Crippen LogP contribution in [0.15, 0.2) is 58.4 Å². The average molecular weight is 412 g/mol. The van der Waals surface area contributed by atoms with Crippen molar-refractivity contribution < 1.29 is 14.1 Å². The second-order valence-corrected chi connectivity index (χ2v) is 8.20. The van der Waals surface area contributed by atoms with E-state index >= 15 is 0 Å². The Morgan fingerprint density at radius 3 is 2.79 bits per heavy atom. The van der Waals surface area contributed by atoms with Gasteiger partial charge in [0, 0.05) is 31.7 Å². The number of likely N-dealkylation sites (tertiary alicyclic amines) is 1. The minimum atomic E-state index is -0.0755. The van der Waals surface area contributed by atoms with Crippen molar-refractivity contribution >= 4 is 17.2 Å². The quantitative estimate of drug-likeness (QED) is 0.612. The second-order valence-electron chi connectivity index (χ2n) is 7.26. The molecule has 0 saturated carbocycles. The maximum Gasteiger partial charge on any atom is 0.246 e. The molecular formula is C22H25N3O3S. The highest BCUT2D eigenvalue weighted by molar-refractivity contribution is 7.13. The SMILES string of the molecule is O=C(COCc1cc(-c2cccs2)on1)NC1CCN(Cc2ccccc2)CC1. The largest absolute Gasteiger partial charge is 0.365 e. The van der Waals surface area contributed by atoms with Gasteiger partial charge in [0.1, 0.15) is 12.3 Å². The van der Waals surface area contributed by atoms with Gasteiger partial charge in [-0.25, -0.2) is 0 Å². The minimum absolute atomic E-state index is 0.0332. The number of rotatable bonds is 8. The van der Waals surface area contributed by atoms with Crippen LogP contribution in [0.4, 0.5) is 0 Å². The summed E-state index contributed by atoms with van der Waals surface area (Å²) in [4.78, 5) is 15.6. The summed E-state index contributed by atoms with van der Waals surface area (Å²) in [6.07, 6.45) is 1.93. The van der Waals surface area contributed by atoms with Gasteiger partial charge in [-0.05, 0) is 29.9 Å². The molecule has 0 radical (unpaired) electrons. The highest BCUT2D eigenvalue weighted by Crippen LogP contribution is 2.25. The lowest BCUT2D eigenvalue weighted by molar-refractivity contribution is -0.127. The van der Waals surface area contributed by atoms with Crippen LogP contribution in [0.1, 0.15) is 24.1 Å². The molecule has 4 rings (SSSR count). The number of aromatic nitrogens is 1. The molecule has 0 unspecified atom stereocenters. The Balaban J connectivity index is 1.14. The van der Waals surface area contributed by atoms with E-state index in [1.807, 2.05) is 29.6 Å². The van der Waals surface area contributed by atoms with E-state index in [4.69, 9.17) is 9.26 Å². The lowest BCUT2D eigenvalue weighted by atomic mass is 10.0. The van der Waals surface area contributed by atoms with Crippen molar-refractivity contribution in [3.63, 3.8) is 0 Å². The van der Waals surface area contributed by atoms with Gasteiger partial charge in [-0.3, -0.25) is 9.69 Å². The maximum atomic E-state index is 12.2. The number of thiophene rings is 1. The topological polar surface area (TPSA) is 67.6 Å². The zero-order valence-corrected chi connectivity index (χ0v) is 17.1. The fraction of sp³-hybridized carbons (Fsp3) is 0.364. The van der Waals surface area contributed by atoms with Crippen molar-refractivity contribution in [2.45, 2.75) is 32.0 Å². The fourth-order valence-corrected chi connectivity index (χ4v) is 4.18. The Bertz CT molecular complexity index is 887. The maximum absolute atomic E-state index is 12.2. The molecule has 29 heavy (non-hydrogen) atoms. The summed E-state index contributed by atoms with van der Waals surface area (Å²) in [7, 11) is 0. The highest BCUT2D eigenvalue weighted by atomic mass is 32.1. The molecule has 1 N–H and O–H groups in total. The van der Waals surface area contributed by atoms with Gasteiger partial charge in [0.2, 0.25) is 5.91 Å². The molecule has 152 valence electrons. The first-order valence-corrected chi connectivity index (χ1v) is 10.8. The van der Waals surface area contributed by atoms with E-state index in [2.05, 4.69) is 39.6 Å². The first-order valence-electron chi connectivity index (χ1n) is 9.89. The molecule has 2 aromatic heterocycles. The number of hydrogen-bond donors (Lipinski definition) is 1. The highest BCUT2D eigenvalue weighted by Gasteiger charge is 2.20. The predicted octanol–water partition coefficient (Wildman–Crippen LogP) is 3.70. The van der Waals surface area contributed by atoms with Crippen molar-refractivity contribution in [1.82, 2.24) is 15.4 Å². The van der Waals surface area contributed by atoms with Gasteiger partial charge in [0.15, 0.2) is 5.76 Å². The molecule has 1 saturated heterocycles. The van der Waals surface area contributed by atoms with Crippen molar-refractivity contribution in [3.8, 4) is 10.6 Å². The molecule has 0 atom stereocenters. The number of carbonyl (C=O) groups is 1. The summed E-state index contributed by atoms with van der Waals surface area (Å²) in [6, 6.07) is 16.5. The molecule has 1 amide bonds. The Morgan fingerprint density at radius 1 is 1.21 bits per heavy atom. The Hall–Kier alpha value is -2.48. The van der Waals surface area contributed by atoms with Crippen LogP contribution in [0.2, 0.25) is 0 Å². The first kappa shape index (κ1) is 19.8. The number of carbonyl (C=O) groups excluding carboxylic acids is 1. The van der Waals surface area contributed by atoms with E-state index in [0.717, 1.165) is 43.1 Å². The number of benzene rings is 1. The lowest BCUT2D eigenvalue weighted by Crippen LogP contribution is -2.45. The van der Waals surface area contributed by atoms with Crippen LogP contribution in [0.5, 0.6) is 0 Å². The lowest BCUT2D eigenvalue weighted by Gasteiger charge is -2.32. The Morgan fingerprint density at radius 2 is 2.03 bits per heavy atom.